The maximum atomic E-state index is 13.2. The van der Waals surface area contributed by atoms with E-state index < -0.39 is 5.97 Å². The molecule has 25 heavy (non-hydrogen) atoms. The maximum Gasteiger partial charge on any atom is 0.356 e. The number of pyridine rings is 1. The first-order valence-electron chi connectivity index (χ1n) is 7.85. The molecule has 1 amide bonds. The monoisotopic (exact) mass is 360 g/mol. The predicted molar refractivity (Wildman–Crippen MR) is 94.0 cm³/mol. The van der Waals surface area contributed by atoms with Gasteiger partial charge in [0.05, 0.1) is 23.7 Å². The molecular weight excluding hydrogens is 343 g/mol. The van der Waals surface area contributed by atoms with E-state index in [4.69, 9.17) is 4.74 Å². The van der Waals surface area contributed by atoms with Gasteiger partial charge in [-0.3, -0.25) is 9.69 Å². The van der Waals surface area contributed by atoms with Crippen molar-refractivity contribution in [3.05, 3.63) is 59.2 Å². The molecule has 130 valence electrons. The van der Waals surface area contributed by atoms with Crippen LogP contribution in [-0.4, -0.2) is 29.2 Å². The van der Waals surface area contributed by atoms with Gasteiger partial charge in [-0.15, -0.1) is 11.8 Å². The van der Waals surface area contributed by atoms with Crippen LogP contribution in [0.25, 0.3) is 0 Å². The number of ether oxygens (including phenoxy) is 1. The number of nitrogens with zero attached hydrogens (tertiary/aromatic N) is 2. The molecule has 1 unspecified atom stereocenters. The van der Waals surface area contributed by atoms with Crippen LogP contribution < -0.4 is 4.90 Å². The van der Waals surface area contributed by atoms with Gasteiger partial charge in [0.15, 0.2) is 0 Å². The molecule has 5 nitrogen and oxygen atoms in total. The Labute approximate surface area is 149 Å². The van der Waals surface area contributed by atoms with Crippen LogP contribution in [0.2, 0.25) is 0 Å². The Morgan fingerprint density at radius 1 is 1.32 bits per heavy atom. The number of halogens is 1. The molecule has 0 bridgehead atoms. The summed E-state index contributed by atoms with van der Waals surface area (Å²) in [6.45, 7) is 3.75. The van der Waals surface area contributed by atoms with Crippen molar-refractivity contribution >= 4 is 29.3 Å². The van der Waals surface area contributed by atoms with Crippen molar-refractivity contribution in [1.82, 2.24) is 4.98 Å². The van der Waals surface area contributed by atoms with Crippen LogP contribution in [-0.2, 0) is 9.53 Å². The minimum Gasteiger partial charge on any atom is -0.461 e. The summed E-state index contributed by atoms with van der Waals surface area (Å²) >= 11 is 1.47. The Balaban J connectivity index is 1.94. The van der Waals surface area contributed by atoms with E-state index in [2.05, 4.69) is 4.98 Å². The lowest BCUT2D eigenvalue weighted by Gasteiger charge is -2.25. The van der Waals surface area contributed by atoms with Gasteiger partial charge in [0.1, 0.15) is 16.9 Å². The van der Waals surface area contributed by atoms with Crippen LogP contribution in [0.3, 0.4) is 0 Å². The normalized spacial score (nSPS) is 17.0. The molecule has 3 rings (SSSR count). The SMILES string of the molecule is CCOC(=O)c1ccc(N2C(=O)CSC2c2ccc(F)cc2)c(C)n1. The summed E-state index contributed by atoms with van der Waals surface area (Å²) < 4.78 is 18.1. The van der Waals surface area contributed by atoms with E-state index in [0.29, 0.717) is 17.1 Å². The zero-order valence-electron chi connectivity index (χ0n) is 13.9. The Kier molecular flexibility index (Phi) is 5.03. The summed E-state index contributed by atoms with van der Waals surface area (Å²) in [7, 11) is 0. The number of thioether (sulfide) groups is 1. The first-order valence-corrected chi connectivity index (χ1v) is 8.90. The van der Waals surface area contributed by atoms with Gasteiger partial charge in [-0.25, -0.2) is 14.2 Å². The number of amides is 1. The number of esters is 1. The van der Waals surface area contributed by atoms with Crippen LogP contribution in [0.5, 0.6) is 0 Å². The Bertz CT molecular complexity index is 810. The first kappa shape index (κ1) is 17.4. The molecule has 2 heterocycles. The average Bonchev–Trinajstić information content (AvgIpc) is 2.97. The van der Waals surface area contributed by atoms with Crippen molar-refractivity contribution in [3.63, 3.8) is 0 Å². The second-order valence-corrected chi connectivity index (χ2v) is 6.57. The third-order valence-corrected chi connectivity index (χ3v) is 5.04. The molecule has 1 aliphatic rings. The lowest BCUT2D eigenvalue weighted by atomic mass is 10.1. The van der Waals surface area contributed by atoms with Gasteiger partial charge in [0.25, 0.3) is 0 Å². The number of hydrogen-bond donors (Lipinski definition) is 0. The number of carbonyl (C=O) groups excluding carboxylic acids is 2. The highest BCUT2D eigenvalue weighted by atomic mass is 32.2. The number of anilines is 1. The highest BCUT2D eigenvalue weighted by molar-refractivity contribution is 8.00. The molecule has 0 spiro atoms. The lowest BCUT2D eigenvalue weighted by Crippen LogP contribution is -2.29. The fourth-order valence-electron chi connectivity index (χ4n) is 2.69. The highest BCUT2D eigenvalue weighted by Crippen LogP contribution is 2.42. The Morgan fingerprint density at radius 3 is 2.68 bits per heavy atom. The standard InChI is InChI=1S/C18H17FN2O3S/c1-3-24-18(23)14-8-9-15(11(2)20-14)21-16(22)10-25-17(21)12-4-6-13(19)7-5-12/h4-9,17H,3,10H2,1-2H3. The molecule has 1 aromatic carbocycles. The van der Waals surface area contributed by atoms with E-state index in [9.17, 15) is 14.0 Å². The minimum absolute atomic E-state index is 0.0480. The van der Waals surface area contributed by atoms with Gasteiger partial charge in [0, 0.05) is 0 Å². The third-order valence-electron chi connectivity index (χ3n) is 3.83. The minimum atomic E-state index is -0.491. The fourth-order valence-corrected chi connectivity index (χ4v) is 3.85. The van der Waals surface area contributed by atoms with E-state index in [-0.39, 0.29) is 29.4 Å². The molecule has 1 fully saturated rings. The molecule has 1 atom stereocenters. The molecule has 0 aliphatic carbocycles. The average molecular weight is 360 g/mol. The number of carbonyl (C=O) groups is 2. The van der Waals surface area contributed by atoms with Crippen molar-refractivity contribution in [2.24, 2.45) is 0 Å². The predicted octanol–water partition coefficient (Wildman–Crippen LogP) is 3.48. The van der Waals surface area contributed by atoms with Crippen molar-refractivity contribution in [3.8, 4) is 0 Å². The molecule has 0 N–H and O–H groups in total. The zero-order valence-corrected chi connectivity index (χ0v) is 14.7. The molecule has 7 heteroatoms. The molecule has 1 aromatic heterocycles. The van der Waals surface area contributed by atoms with Crippen LogP contribution in [0.1, 0.15) is 34.0 Å². The molecule has 0 radical (unpaired) electrons. The van der Waals surface area contributed by atoms with Gasteiger partial charge in [-0.05, 0) is 43.7 Å². The Morgan fingerprint density at radius 2 is 2.04 bits per heavy atom. The van der Waals surface area contributed by atoms with Crippen LogP contribution in [0.4, 0.5) is 10.1 Å². The quantitative estimate of drug-likeness (QED) is 0.781. The topological polar surface area (TPSA) is 59.5 Å². The number of benzene rings is 1. The lowest BCUT2D eigenvalue weighted by molar-refractivity contribution is -0.115. The largest absolute Gasteiger partial charge is 0.461 e. The number of rotatable bonds is 4. The van der Waals surface area contributed by atoms with Crippen LogP contribution in [0.15, 0.2) is 36.4 Å². The van der Waals surface area contributed by atoms with E-state index in [1.165, 1.54) is 23.9 Å². The summed E-state index contributed by atoms with van der Waals surface area (Å²) in [4.78, 5) is 30.1. The number of aryl methyl sites for hydroxylation is 1. The molecular formula is C18H17FN2O3S. The summed E-state index contributed by atoms with van der Waals surface area (Å²) in [5, 5.41) is -0.248. The fraction of sp³-hybridized carbons (Fsp3) is 0.278. The second-order valence-electron chi connectivity index (χ2n) is 5.50. The maximum absolute atomic E-state index is 13.2. The van der Waals surface area contributed by atoms with Crippen molar-refractivity contribution < 1.29 is 18.7 Å². The van der Waals surface area contributed by atoms with E-state index in [0.717, 1.165) is 5.56 Å². The highest BCUT2D eigenvalue weighted by Gasteiger charge is 2.35. The zero-order chi connectivity index (χ0) is 18.0. The molecule has 1 saturated heterocycles. The van der Waals surface area contributed by atoms with E-state index in [1.54, 1.807) is 43.0 Å². The summed E-state index contributed by atoms with van der Waals surface area (Å²) in [6.07, 6.45) is 0. The third kappa shape index (κ3) is 3.51. The van der Waals surface area contributed by atoms with Crippen LogP contribution >= 0.6 is 11.8 Å². The van der Waals surface area contributed by atoms with Crippen molar-refractivity contribution in [2.45, 2.75) is 19.2 Å². The number of hydrogen-bond acceptors (Lipinski definition) is 5. The van der Waals surface area contributed by atoms with E-state index in [1.807, 2.05) is 0 Å². The molecule has 2 aromatic rings. The number of aromatic nitrogens is 1. The molecule has 0 saturated carbocycles. The summed E-state index contributed by atoms with van der Waals surface area (Å²) in [6, 6.07) is 9.37. The summed E-state index contributed by atoms with van der Waals surface area (Å²) in [5.41, 5.74) is 2.25. The van der Waals surface area contributed by atoms with Gasteiger partial charge in [-0.1, -0.05) is 12.1 Å². The van der Waals surface area contributed by atoms with Gasteiger partial charge < -0.3 is 4.74 Å². The van der Waals surface area contributed by atoms with Gasteiger partial charge >= 0.3 is 5.97 Å². The van der Waals surface area contributed by atoms with Crippen molar-refractivity contribution in [2.75, 3.05) is 17.3 Å². The Hall–Kier alpha value is -2.41. The van der Waals surface area contributed by atoms with Gasteiger partial charge in [-0.2, -0.15) is 0 Å². The summed E-state index contributed by atoms with van der Waals surface area (Å²) in [5.74, 6) is -0.523. The smallest absolute Gasteiger partial charge is 0.356 e. The van der Waals surface area contributed by atoms with Crippen molar-refractivity contribution in [1.29, 1.82) is 0 Å². The second kappa shape index (κ2) is 7.23. The van der Waals surface area contributed by atoms with Gasteiger partial charge in [0.2, 0.25) is 5.91 Å². The van der Waals surface area contributed by atoms with E-state index >= 15 is 0 Å². The molecule has 1 aliphatic heterocycles. The first-order chi connectivity index (χ1) is 12.0. The van der Waals surface area contributed by atoms with Crippen LogP contribution in [0, 0.1) is 12.7 Å².